The Kier molecular flexibility index (Phi) is 6.42. The molecule has 2 rings (SSSR count). The van der Waals surface area contributed by atoms with Crippen molar-refractivity contribution >= 4 is 23.4 Å². The second-order valence-electron chi connectivity index (χ2n) is 5.67. The third-order valence-corrected chi connectivity index (χ3v) is 3.93. The summed E-state index contributed by atoms with van der Waals surface area (Å²) in [4.78, 5) is 25.1. The van der Waals surface area contributed by atoms with Gasteiger partial charge in [-0.05, 0) is 24.3 Å². The average Bonchev–Trinajstić information content (AvgIpc) is 2.54. The Morgan fingerprint density at radius 1 is 1.38 bits per heavy atom. The lowest BCUT2D eigenvalue weighted by atomic mass is 9.97. The van der Waals surface area contributed by atoms with Crippen molar-refractivity contribution in [2.24, 2.45) is 5.73 Å². The van der Waals surface area contributed by atoms with Crippen LogP contribution in [0.15, 0.2) is 24.3 Å². The summed E-state index contributed by atoms with van der Waals surface area (Å²) in [6.45, 7) is 1.01. The van der Waals surface area contributed by atoms with Crippen molar-refractivity contribution < 1.29 is 23.8 Å². The summed E-state index contributed by atoms with van der Waals surface area (Å²) in [5, 5.41) is 0.597. The molecule has 8 heteroatoms. The number of benzene rings is 1. The standard InChI is InChI=1S/C16H21ClN2O5/c1-22-9-15(21)19-6-7-24-16(10-19,8-14(18)20)11-23-13-4-2-12(17)3-5-13/h2-5H,6-11H2,1H3,(H2,18,20)/t16-/m0/s1. The molecule has 0 bridgehead atoms. The minimum atomic E-state index is -0.979. The van der Waals surface area contributed by atoms with E-state index in [1.807, 2.05) is 0 Å². The monoisotopic (exact) mass is 356 g/mol. The minimum Gasteiger partial charge on any atom is -0.490 e. The van der Waals surface area contributed by atoms with Crippen molar-refractivity contribution in [2.45, 2.75) is 12.0 Å². The molecule has 1 heterocycles. The topological polar surface area (TPSA) is 91.1 Å². The van der Waals surface area contributed by atoms with E-state index in [1.54, 1.807) is 29.2 Å². The van der Waals surface area contributed by atoms with Crippen LogP contribution < -0.4 is 10.5 Å². The molecular weight excluding hydrogens is 336 g/mol. The predicted octanol–water partition coefficient (Wildman–Crippen LogP) is 0.838. The van der Waals surface area contributed by atoms with Gasteiger partial charge in [0.15, 0.2) is 0 Å². The van der Waals surface area contributed by atoms with Crippen LogP contribution in [0.1, 0.15) is 6.42 Å². The number of morpholine rings is 1. The smallest absolute Gasteiger partial charge is 0.248 e. The van der Waals surface area contributed by atoms with Gasteiger partial charge in [0, 0.05) is 18.7 Å². The normalized spacial score (nSPS) is 20.7. The second-order valence-corrected chi connectivity index (χ2v) is 6.10. The summed E-state index contributed by atoms with van der Waals surface area (Å²) in [6.07, 6.45) is -0.0443. The molecule has 1 saturated heterocycles. The number of methoxy groups -OCH3 is 1. The Labute approximate surface area is 145 Å². The zero-order valence-electron chi connectivity index (χ0n) is 13.5. The van der Waals surface area contributed by atoms with E-state index in [0.717, 1.165) is 0 Å². The molecule has 0 aliphatic carbocycles. The van der Waals surface area contributed by atoms with Crippen LogP contribution in [0.4, 0.5) is 0 Å². The maximum absolute atomic E-state index is 12.1. The molecule has 2 N–H and O–H groups in total. The van der Waals surface area contributed by atoms with E-state index in [-0.39, 0.29) is 32.1 Å². The lowest BCUT2D eigenvalue weighted by Crippen LogP contribution is -2.58. The molecule has 0 unspecified atom stereocenters. The number of primary amides is 1. The summed E-state index contributed by atoms with van der Waals surface area (Å²) in [6, 6.07) is 6.84. The van der Waals surface area contributed by atoms with Crippen molar-refractivity contribution in [2.75, 3.05) is 40.0 Å². The van der Waals surface area contributed by atoms with E-state index in [9.17, 15) is 9.59 Å². The van der Waals surface area contributed by atoms with Crippen LogP contribution in [0, 0.1) is 0 Å². The van der Waals surface area contributed by atoms with Gasteiger partial charge in [0.2, 0.25) is 11.8 Å². The number of nitrogens with two attached hydrogens (primary N) is 1. The van der Waals surface area contributed by atoms with Gasteiger partial charge in [-0.3, -0.25) is 9.59 Å². The van der Waals surface area contributed by atoms with Crippen molar-refractivity contribution in [3.63, 3.8) is 0 Å². The van der Waals surface area contributed by atoms with Crippen LogP contribution in [0.5, 0.6) is 5.75 Å². The van der Waals surface area contributed by atoms with E-state index < -0.39 is 11.5 Å². The van der Waals surface area contributed by atoms with Gasteiger partial charge >= 0.3 is 0 Å². The first kappa shape index (κ1) is 18.5. The maximum Gasteiger partial charge on any atom is 0.248 e. The van der Waals surface area contributed by atoms with E-state index in [2.05, 4.69) is 0 Å². The van der Waals surface area contributed by atoms with Gasteiger partial charge in [0.25, 0.3) is 0 Å². The summed E-state index contributed by atoms with van der Waals surface area (Å²) in [7, 11) is 1.46. The number of carbonyl (C=O) groups is 2. The summed E-state index contributed by atoms with van der Waals surface area (Å²) in [5.74, 6) is -0.0935. The van der Waals surface area contributed by atoms with Crippen LogP contribution in [0.25, 0.3) is 0 Å². The molecule has 1 aromatic rings. The molecule has 24 heavy (non-hydrogen) atoms. The third kappa shape index (κ3) is 5.09. The molecule has 0 radical (unpaired) electrons. The lowest BCUT2D eigenvalue weighted by molar-refractivity contribution is -0.164. The first-order chi connectivity index (χ1) is 11.4. The van der Waals surface area contributed by atoms with Crippen LogP contribution in [-0.4, -0.2) is 62.3 Å². The molecule has 1 fully saturated rings. The van der Waals surface area contributed by atoms with Gasteiger partial charge in [-0.2, -0.15) is 0 Å². The highest BCUT2D eigenvalue weighted by Gasteiger charge is 2.40. The van der Waals surface area contributed by atoms with Gasteiger partial charge < -0.3 is 24.8 Å². The number of ether oxygens (including phenoxy) is 3. The predicted molar refractivity (Wildman–Crippen MR) is 87.9 cm³/mol. The van der Waals surface area contributed by atoms with E-state index in [4.69, 9.17) is 31.5 Å². The van der Waals surface area contributed by atoms with Crippen LogP contribution >= 0.6 is 11.6 Å². The van der Waals surface area contributed by atoms with Crippen LogP contribution in [0.3, 0.4) is 0 Å². The van der Waals surface area contributed by atoms with Crippen molar-refractivity contribution in [1.29, 1.82) is 0 Å². The number of rotatable bonds is 7. The Morgan fingerprint density at radius 2 is 2.08 bits per heavy atom. The first-order valence-electron chi connectivity index (χ1n) is 7.51. The molecule has 1 aromatic carbocycles. The highest BCUT2D eigenvalue weighted by molar-refractivity contribution is 6.30. The fourth-order valence-corrected chi connectivity index (χ4v) is 2.71. The molecule has 1 aliphatic rings. The van der Waals surface area contributed by atoms with E-state index in [1.165, 1.54) is 7.11 Å². The van der Waals surface area contributed by atoms with Crippen LogP contribution in [-0.2, 0) is 19.1 Å². The Balaban J connectivity index is 2.08. The first-order valence-corrected chi connectivity index (χ1v) is 7.89. The summed E-state index contributed by atoms with van der Waals surface area (Å²) < 4.78 is 16.4. The van der Waals surface area contributed by atoms with Crippen molar-refractivity contribution in [3.05, 3.63) is 29.3 Å². The molecule has 0 aromatic heterocycles. The molecule has 1 atom stereocenters. The number of hydrogen-bond donors (Lipinski definition) is 1. The minimum absolute atomic E-state index is 0.0231. The molecule has 7 nitrogen and oxygen atoms in total. The van der Waals surface area contributed by atoms with E-state index in [0.29, 0.717) is 23.9 Å². The third-order valence-electron chi connectivity index (χ3n) is 3.68. The maximum atomic E-state index is 12.1. The SMILES string of the molecule is COCC(=O)N1CCO[C@@](COc2ccc(Cl)cc2)(CC(N)=O)C1. The zero-order chi connectivity index (χ0) is 17.6. The highest BCUT2D eigenvalue weighted by Crippen LogP contribution is 2.25. The number of amides is 2. The average molecular weight is 357 g/mol. The fourth-order valence-electron chi connectivity index (χ4n) is 2.58. The largest absolute Gasteiger partial charge is 0.490 e. The molecule has 132 valence electrons. The molecule has 2 amide bonds. The Hall–Kier alpha value is -1.83. The quantitative estimate of drug-likeness (QED) is 0.781. The number of nitrogens with zero attached hydrogens (tertiary/aromatic N) is 1. The van der Waals surface area contributed by atoms with E-state index >= 15 is 0 Å². The van der Waals surface area contributed by atoms with Crippen molar-refractivity contribution in [3.8, 4) is 5.75 Å². The van der Waals surface area contributed by atoms with Gasteiger partial charge in [0.1, 0.15) is 24.6 Å². The fraction of sp³-hybridized carbons (Fsp3) is 0.500. The molecule has 1 aliphatic heterocycles. The Bertz CT molecular complexity index is 580. The number of carbonyl (C=O) groups excluding carboxylic acids is 2. The van der Waals surface area contributed by atoms with Gasteiger partial charge in [-0.1, -0.05) is 11.6 Å². The summed E-state index contributed by atoms with van der Waals surface area (Å²) >= 11 is 5.84. The van der Waals surface area contributed by atoms with Crippen LogP contribution in [0.2, 0.25) is 5.02 Å². The van der Waals surface area contributed by atoms with Gasteiger partial charge in [-0.25, -0.2) is 0 Å². The lowest BCUT2D eigenvalue weighted by Gasteiger charge is -2.41. The molecular formula is C16H21ClN2O5. The van der Waals surface area contributed by atoms with Gasteiger partial charge in [0.05, 0.1) is 19.6 Å². The molecule has 0 spiro atoms. The highest BCUT2D eigenvalue weighted by atomic mass is 35.5. The zero-order valence-corrected chi connectivity index (χ0v) is 14.3. The number of hydrogen-bond acceptors (Lipinski definition) is 5. The molecule has 0 saturated carbocycles. The van der Waals surface area contributed by atoms with Gasteiger partial charge in [-0.15, -0.1) is 0 Å². The Morgan fingerprint density at radius 3 is 2.71 bits per heavy atom. The number of halogens is 1. The van der Waals surface area contributed by atoms with Crippen molar-refractivity contribution in [1.82, 2.24) is 4.90 Å². The summed E-state index contributed by atoms with van der Waals surface area (Å²) in [5.41, 5.74) is 4.38. The second kappa shape index (κ2) is 8.32.